The van der Waals surface area contributed by atoms with Crippen molar-refractivity contribution in [3.05, 3.63) is 62.5 Å². The Kier molecular flexibility index (Phi) is 5.91. The average Bonchev–Trinajstić information content (AvgIpc) is 2.48. The Morgan fingerprint density at radius 3 is 2.70 bits per heavy atom. The molecule has 6 heteroatoms. The molecule has 2 N–H and O–H groups in total. The van der Waals surface area contributed by atoms with Crippen LogP contribution in [0.2, 0.25) is 5.02 Å². The van der Waals surface area contributed by atoms with E-state index in [1.165, 1.54) is 11.8 Å². The topological polar surface area (TPSA) is 62.0 Å². The summed E-state index contributed by atoms with van der Waals surface area (Å²) in [5.74, 6) is -0.130. The van der Waals surface area contributed by atoms with Crippen molar-refractivity contribution >= 4 is 29.3 Å². The van der Waals surface area contributed by atoms with E-state index in [4.69, 9.17) is 11.6 Å². The average molecular weight is 351 g/mol. The molecule has 1 aromatic heterocycles. The summed E-state index contributed by atoms with van der Waals surface area (Å²) in [6.07, 6.45) is 0. The zero-order chi connectivity index (χ0) is 17.0. The first-order valence-corrected chi connectivity index (χ1v) is 8.52. The molecular weight excluding hydrogens is 332 g/mol. The number of pyridine rings is 1. The molecule has 2 rings (SSSR count). The van der Waals surface area contributed by atoms with Gasteiger partial charge in [0, 0.05) is 22.7 Å². The van der Waals surface area contributed by atoms with Gasteiger partial charge in [-0.1, -0.05) is 23.7 Å². The van der Waals surface area contributed by atoms with Crippen LogP contribution in [-0.4, -0.2) is 16.1 Å². The number of hydrogen-bond acceptors (Lipinski definition) is 3. The molecule has 23 heavy (non-hydrogen) atoms. The Hall–Kier alpha value is -1.72. The van der Waals surface area contributed by atoms with E-state index >= 15 is 0 Å². The van der Waals surface area contributed by atoms with Crippen LogP contribution in [0.3, 0.4) is 0 Å². The van der Waals surface area contributed by atoms with E-state index < -0.39 is 0 Å². The maximum Gasteiger partial charge on any atom is 0.253 e. The van der Waals surface area contributed by atoms with Gasteiger partial charge >= 0.3 is 0 Å². The summed E-state index contributed by atoms with van der Waals surface area (Å²) in [4.78, 5) is 27.8. The Bertz CT molecular complexity index is 773. The smallest absolute Gasteiger partial charge is 0.253 e. The molecule has 0 spiro atoms. The van der Waals surface area contributed by atoms with Gasteiger partial charge < -0.3 is 10.3 Å². The van der Waals surface area contributed by atoms with Crippen molar-refractivity contribution in [1.82, 2.24) is 10.3 Å². The van der Waals surface area contributed by atoms with Gasteiger partial charge in [-0.3, -0.25) is 9.59 Å². The molecule has 0 fully saturated rings. The van der Waals surface area contributed by atoms with Crippen molar-refractivity contribution in [2.45, 2.75) is 37.5 Å². The number of carbonyl (C=O) groups excluding carboxylic acids is 1. The van der Waals surface area contributed by atoms with Gasteiger partial charge in [-0.25, -0.2) is 0 Å². The van der Waals surface area contributed by atoms with E-state index in [9.17, 15) is 9.59 Å². The molecule has 4 nitrogen and oxygen atoms in total. The Morgan fingerprint density at radius 2 is 2.04 bits per heavy atom. The molecule has 1 atom stereocenters. The summed E-state index contributed by atoms with van der Waals surface area (Å²) in [7, 11) is 0. The Balaban J connectivity index is 2.00. The molecule has 0 saturated carbocycles. The molecule has 1 heterocycles. The molecule has 1 unspecified atom stereocenters. The van der Waals surface area contributed by atoms with Crippen LogP contribution in [0.15, 0.2) is 40.0 Å². The second kappa shape index (κ2) is 7.70. The van der Waals surface area contributed by atoms with Crippen LogP contribution in [0.5, 0.6) is 0 Å². The summed E-state index contributed by atoms with van der Waals surface area (Å²) in [5, 5.41) is 3.14. The predicted molar refractivity (Wildman–Crippen MR) is 95.2 cm³/mol. The lowest BCUT2D eigenvalue weighted by Gasteiger charge is -2.13. The van der Waals surface area contributed by atoms with Crippen LogP contribution in [0, 0.1) is 13.8 Å². The number of halogens is 1. The minimum atomic E-state index is -0.306. The van der Waals surface area contributed by atoms with Crippen LogP contribution in [0.1, 0.15) is 23.7 Å². The number of nitrogens with one attached hydrogen (secondary N) is 2. The standard InChI is InChI=1S/C17H19ClN2O2S/c1-10-8-11(2)20-17(22)13(10)9-19-16(21)12(3)23-15-7-5-4-6-14(15)18/h4-8,12H,9H2,1-3H3,(H,19,21)(H,20,22). The fourth-order valence-corrected chi connectivity index (χ4v) is 3.38. The maximum atomic E-state index is 12.2. The van der Waals surface area contributed by atoms with Gasteiger partial charge in [0.2, 0.25) is 5.91 Å². The molecule has 0 radical (unpaired) electrons. The van der Waals surface area contributed by atoms with Gasteiger partial charge in [0.05, 0.1) is 10.3 Å². The summed E-state index contributed by atoms with van der Waals surface area (Å²) < 4.78 is 0. The van der Waals surface area contributed by atoms with E-state index in [-0.39, 0.29) is 23.3 Å². The summed E-state index contributed by atoms with van der Waals surface area (Å²) in [6.45, 7) is 5.73. The molecule has 122 valence electrons. The lowest BCUT2D eigenvalue weighted by Crippen LogP contribution is -2.33. The van der Waals surface area contributed by atoms with E-state index in [1.807, 2.05) is 45.0 Å². The van der Waals surface area contributed by atoms with Gasteiger partial charge in [0.15, 0.2) is 0 Å². The highest BCUT2D eigenvalue weighted by molar-refractivity contribution is 8.00. The van der Waals surface area contributed by atoms with E-state index in [0.717, 1.165) is 16.2 Å². The van der Waals surface area contributed by atoms with Crippen LogP contribution in [-0.2, 0) is 11.3 Å². The Morgan fingerprint density at radius 1 is 1.35 bits per heavy atom. The fourth-order valence-electron chi connectivity index (χ4n) is 2.20. The molecule has 1 aromatic carbocycles. The first kappa shape index (κ1) is 17.6. The van der Waals surface area contributed by atoms with Crippen molar-refractivity contribution in [1.29, 1.82) is 0 Å². The van der Waals surface area contributed by atoms with Gasteiger partial charge in [0.1, 0.15) is 0 Å². The predicted octanol–water partition coefficient (Wildman–Crippen LogP) is 3.44. The number of benzene rings is 1. The highest BCUT2D eigenvalue weighted by atomic mass is 35.5. The number of amides is 1. The minimum Gasteiger partial charge on any atom is -0.351 e. The Labute approximate surface area is 144 Å². The lowest BCUT2D eigenvalue weighted by molar-refractivity contribution is -0.120. The molecule has 0 aliphatic rings. The zero-order valence-corrected chi connectivity index (χ0v) is 14.8. The molecule has 1 amide bonds. The third-order valence-electron chi connectivity index (χ3n) is 3.44. The van der Waals surface area contributed by atoms with Gasteiger partial charge in [-0.05, 0) is 44.5 Å². The number of H-pyrrole nitrogens is 1. The SMILES string of the molecule is Cc1cc(C)c(CNC(=O)C(C)Sc2ccccc2Cl)c(=O)[nH]1. The monoisotopic (exact) mass is 350 g/mol. The van der Waals surface area contributed by atoms with Crippen molar-refractivity contribution in [3.63, 3.8) is 0 Å². The highest BCUT2D eigenvalue weighted by Crippen LogP contribution is 2.29. The number of thioether (sulfide) groups is 1. The second-order valence-corrected chi connectivity index (χ2v) is 7.14. The van der Waals surface area contributed by atoms with Crippen molar-refractivity contribution in [3.8, 4) is 0 Å². The number of aryl methyl sites for hydroxylation is 2. The van der Waals surface area contributed by atoms with Crippen LogP contribution in [0.4, 0.5) is 0 Å². The first-order chi connectivity index (χ1) is 10.9. The first-order valence-electron chi connectivity index (χ1n) is 7.26. The number of aromatic nitrogens is 1. The minimum absolute atomic E-state index is 0.130. The normalized spacial score (nSPS) is 12.0. The van der Waals surface area contributed by atoms with Gasteiger partial charge in [-0.15, -0.1) is 11.8 Å². The molecule has 0 saturated heterocycles. The highest BCUT2D eigenvalue weighted by Gasteiger charge is 2.16. The molecular formula is C17H19ClN2O2S. The van der Waals surface area contributed by atoms with Gasteiger partial charge in [-0.2, -0.15) is 0 Å². The van der Waals surface area contributed by atoms with Crippen LogP contribution in [0.25, 0.3) is 0 Å². The van der Waals surface area contributed by atoms with E-state index in [1.54, 1.807) is 6.07 Å². The zero-order valence-electron chi connectivity index (χ0n) is 13.3. The second-order valence-electron chi connectivity index (χ2n) is 5.35. The summed E-state index contributed by atoms with van der Waals surface area (Å²) in [5.41, 5.74) is 2.11. The number of carbonyl (C=O) groups is 1. The number of rotatable bonds is 5. The van der Waals surface area contributed by atoms with Crippen molar-refractivity contribution in [2.75, 3.05) is 0 Å². The third kappa shape index (κ3) is 4.62. The van der Waals surface area contributed by atoms with Crippen LogP contribution < -0.4 is 10.9 Å². The summed E-state index contributed by atoms with van der Waals surface area (Å²) in [6, 6.07) is 9.30. The molecule has 0 bridgehead atoms. The fraction of sp³-hybridized carbons (Fsp3) is 0.294. The van der Waals surface area contributed by atoms with E-state index in [0.29, 0.717) is 10.6 Å². The lowest BCUT2D eigenvalue weighted by atomic mass is 10.1. The van der Waals surface area contributed by atoms with Gasteiger partial charge in [0.25, 0.3) is 5.56 Å². The van der Waals surface area contributed by atoms with Crippen molar-refractivity contribution in [2.24, 2.45) is 0 Å². The van der Waals surface area contributed by atoms with E-state index in [2.05, 4.69) is 10.3 Å². The number of aromatic amines is 1. The molecule has 0 aliphatic heterocycles. The molecule has 2 aromatic rings. The quantitative estimate of drug-likeness (QED) is 0.812. The maximum absolute atomic E-state index is 12.2. The number of hydrogen-bond donors (Lipinski definition) is 2. The third-order valence-corrected chi connectivity index (χ3v) is 5.06. The van der Waals surface area contributed by atoms with Crippen molar-refractivity contribution < 1.29 is 4.79 Å². The summed E-state index contributed by atoms with van der Waals surface area (Å²) >= 11 is 7.50. The molecule has 0 aliphatic carbocycles. The largest absolute Gasteiger partial charge is 0.351 e. The van der Waals surface area contributed by atoms with Crippen LogP contribution >= 0.6 is 23.4 Å².